The number of ether oxygens (including phenoxy) is 1. The van der Waals surface area contributed by atoms with Crippen LogP contribution in [0.1, 0.15) is 12.3 Å². The number of nitrogens with one attached hydrogen (secondary N) is 1. The smallest absolute Gasteiger partial charge is 0.227 e. The van der Waals surface area contributed by atoms with Crippen molar-refractivity contribution in [3.63, 3.8) is 0 Å². The van der Waals surface area contributed by atoms with Gasteiger partial charge in [0.25, 0.3) is 0 Å². The Balaban J connectivity index is 1.37. The fourth-order valence-corrected chi connectivity index (χ4v) is 3.25. The summed E-state index contributed by atoms with van der Waals surface area (Å²) in [5, 5.41) is 10.6. The van der Waals surface area contributed by atoms with E-state index in [1.54, 1.807) is 47.7 Å². The van der Waals surface area contributed by atoms with E-state index in [9.17, 15) is 9.18 Å². The largest absolute Gasteiger partial charge is 0.455 e. The van der Waals surface area contributed by atoms with Crippen LogP contribution in [0.3, 0.4) is 0 Å². The van der Waals surface area contributed by atoms with Crippen LogP contribution in [0.5, 0.6) is 11.5 Å². The molecule has 0 atom stereocenters. The van der Waals surface area contributed by atoms with E-state index in [1.807, 2.05) is 16.8 Å². The molecule has 0 aliphatic heterocycles. The van der Waals surface area contributed by atoms with Crippen LogP contribution in [0.25, 0.3) is 11.4 Å². The molecule has 0 radical (unpaired) electrons. The Morgan fingerprint density at radius 2 is 2.07 bits per heavy atom. The van der Waals surface area contributed by atoms with Gasteiger partial charge in [0.2, 0.25) is 17.6 Å². The van der Waals surface area contributed by atoms with Gasteiger partial charge < -0.3 is 14.6 Å². The molecule has 0 aliphatic carbocycles. The van der Waals surface area contributed by atoms with Crippen molar-refractivity contribution in [2.75, 3.05) is 5.32 Å². The van der Waals surface area contributed by atoms with Crippen molar-refractivity contribution in [3.8, 4) is 22.9 Å². The van der Waals surface area contributed by atoms with E-state index in [-0.39, 0.29) is 12.3 Å². The van der Waals surface area contributed by atoms with Crippen molar-refractivity contribution >= 4 is 22.9 Å². The lowest BCUT2D eigenvalue weighted by Gasteiger charge is -2.12. The predicted molar refractivity (Wildman–Crippen MR) is 107 cm³/mol. The highest BCUT2D eigenvalue weighted by atomic mass is 32.1. The predicted octanol–water partition coefficient (Wildman–Crippen LogP) is 5.30. The molecule has 8 heteroatoms. The topological polar surface area (TPSA) is 77.2 Å². The Morgan fingerprint density at radius 3 is 2.90 bits per heavy atom. The molecule has 0 fully saturated rings. The minimum absolute atomic E-state index is 0.166. The number of aryl methyl sites for hydroxylation is 1. The van der Waals surface area contributed by atoms with Crippen LogP contribution in [0.2, 0.25) is 0 Å². The van der Waals surface area contributed by atoms with Crippen LogP contribution in [-0.4, -0.2) is 16.0 Å². The lowest BCUT2D eigenvalue weighted by atomic mass is 10.2. The second-order valence-corrected chi connectivity index (χ2v) is 6.91. The molecule has 0 aliphatic rings. The lowest BCUT2D eigenvalue weighted by Crippen LogP contribution is -2.13. The number of halogens is 1. The highest BCUT2D eigenvalue weighted by molar-refractivity contribution is 7.08. The fraction of sp³-hybridized carbons (Fsp3) is 0.0952. The molecular formula is C21H16FN3O3S. The van der Waals surface area contributed by atoms with E-state index in [0.717, 1.165) is 5.56 Å². The first kappa shape index (κ1) is 18.8. The summed E-state index contributed by atoms with van der Waals surface area (Å²) in [6.45, 7) is 0. The highest BCUT2D eigenvalue weighted by Crippen LogP contribution is 2.29. The summed E-state index contributed by atoms with van der Waals surface area (Å²) in [6.07, 6.45) is 0.482. The van der Waals surface area contributed by atoms with Gasteiger partial charge in [-0.1, -0.05) is 23.4 Å². The molecule has 2 aromatic carbocycles. The number of hydrogen-bond acceptors (Lipinski definition) is 6. The first-order chi connectivity index (χ1) is 14.2. The zero-order valence-electron chi connectivity index (χ0n) is 15.2. The number of anilines is 1. The van der Waals surface area contributed by atoms with E-state index in [0.29, 0.717) is 35.3 Å². The summed E-state index contributed by atoms with van der Waals surface area (Å²) in [7, 11) is 0. The van der Waals surface area contributed by atoms with Crippen molar-refractivity contribution < 1.29 is 18.4 Å². The maximum Gasteiger partial charge on any atom is 0.227 e. The van der Waals surface area contributed by atoms with Crippen LogP contribution in [0.4, 0.5) is 10.1 Å². The third-order valence-corrected chi connectivity index (χ3v) is 4.68. The first-order valence-electron chi connectivity index (χ1n) is 8.85. The second-order valence-electron chi connectivity index (χ2n) is 6.13. The summed E-state index contributed by atoms with van der Waals surface area (Å²) < 4.78 is 24.3. The minimum Gasteiger partial charge on any atom is -0.455 e. The Kier molecular flexibility index (Phi) is 5.62. The highest BCUT2D eigenvalue weighted by Gasteiger charge is 2.13. The van der Waals surface area contributed by atoms with Gasteiger partial charge in [0.15, 0.2) is 5.75 Å². The molecule has 0 saturated heterocycles. The van der Waals surface area contributed by atoms with Gasteiger partial charge in [-0.05, 0) is 35.7 Å². The Morgan fingerprint density at radius 1 is 1.17 bits per heavy atom. The van der Waals surface area contributed by atoms with Crippen molar-refractivity contribution in [2.24, 2.45) is 0 Å². The number of para-hydroxylation sites is 2. The van der Waals surface area contributed by atoms with Crippen molar-refractivity contribution in [1.82, 2.24) is 10.1 Å². The number of rotatable bonds is 7. The van der Waals surface area contributed by atoms with Gasteiger partial charge >= 0.3 is 0 Å². The molecule has 4 rings (SSSR count). The van der Waals surface area contributed by atoms with Crippen LogP contribution in [-0.2, 0) is 11.2 Å². The minimum atomic E-state index is -0.398. The van der Waals surface area contributed by atoms with Crippen LogP contribution < -0.4 is 10.1 Å². The zero-order valence-corrected chi connectivity index (χ0v) is 16.0. The summed E-state index contributed by atoms with van der Waals surface area (Å²) in [6, 6.07) is 14.7. The number of hydrogen-bond donors (Lipinski definition) is 1. The number of thiophene rings is 1. The quantitative estimate of drug-likeness (QED) is 0.448. The van der Waals surface area contributed by atoms with Crippen LogP contribution in [0.15, 0.2) is 69.9 Å². The number of carbonyl (C=O) groups is 1. The Bertz CT molecular complexity index is 1110. The van der Waals surface area contributed by atoms with Gasteiger partial charge in [-0.25, -0.2) is 4.39 Å². The lowest BCUT2D eigenvalue weighted by molar-refractivity contribution is -0.116. The van der Waals surface area contributed by atoms with E-state index in [4.69, 9.17) is 9.26 Å². The number of benzene rings is 2. The summed E-state index contributed by atoms with van der Waals surface area (Å²) in [5.41, 5.74) is 1.38. The number of amides is 1. The molecule has 1 amide bonds. The second kappa shape index (κ2) is 8.66. The van der Waals surface area contributed by atoms with Gasteiger partial charge in [0.05, 0.1) is 5.69 Å². The van der Waals surface area contributed by atoms with E-state index < -0.39 is 5.82 Å². The van der Waals surface area contributed by atoms with Crippen molar-refractivity contribution in [2.45, 2.75) is 12.8 Å². The molecule has 29 heavy (non-hydrogen) atoms. The number of carbonyl (C=O) groups excluding carboxylic acids is 1. The Hall–Kier alpha value is -3.52. The summed E-state index contributed by atoms with van der Waals surface area (Å²) in [5.74, 6) is 1.05. The maximum atomic E-state index is 13.4. The summed E-state index contributed by atoms with van der Waals surface area (Å²) >= 11 is 1.55. The van der Waals surface area contributed by atoms with E-state index >= 15 is 0 Å². The van der Waals surface area contributed by atoms with Gasteiger partial charge in [0, 0.05) is 29.9 Å². The molecule has 146 valence electrons. The number of aromatic nitrogens is 2. The average molecular weight is 409 g/mol. The van der Waals surface area contributed by atoms with Crippen LogP contribution in [0, 0.1) is 5.82 Å². The maximum absolute atomic E-state index is 13.4. The molecule has 6 nitrogen and oxygen atoms in total. The van der Waals surface area contributed by atoms with Crippen molar-refractivity contribution in [3.05, 3.63) is 77.1 Å². The van der Waals surface area contributed by atoms with Gasteiger partial charge in [-0.3, -0.25) is 4.79 Å². The standard InChI is InChI=1S/C21H16FN3O3S/c22-15-4-3-5-16(12-15)27-18-7-2-1-6-17(18)23-19(26)8-9-20-24-21(25-28-20)14-10-11-29-13-14/h1-7,10-13H,8-9H2,(H,23,26). The van der Waals surface area contributed by atoms with E-state index in [2.05, 4.69) is 15.5 Å². The Labute approximate surface area is 170 Å². The molecule has 0 saturated carbocycles. The molecule has 0 unspecified atom stereocenters. The molecule has 2 aromatic heterocycles. The fourth-order valence-electron chi connectivity index (χ4n) is 2.61. The third kappa shape index (κ3) is 4.85. The van der Waals surface area contributed by atoms with Gasteiger partial charge in [0.1, 0.15) is 11.6 Å². The van der Waals surface area contributed by atoms with E-state index in [1.165, 1.54) is 12.1 Å². The number of nitrogens with zero attached hydrogens (tertiary/aromatic N) is 2. The normalized spacial score (nSPS) is 10.7. The van der Waals surface area contributed by atoms with Crippen LogP contribution >= 0.6 is 11.3 Å². The molecule has 0 spiro atoms. The van der Waals surface area contributed by atoms with Gasteiger partial charge in [-0.2, -0.15) is 16.3 Å². The third-order valence-electron chi connectivity index (χ3n) is 4.00. The average Bonchev–Trinajstić information content (AvgIpc) is 3.40. The molecular weight excluding hydrogens is 393 g/mol. The van der Waals surface area contributed by atoms with Crippen molar-refractivity contribution in [1.29, 1.82) is 0 Å². The zero-order chi connectivity index (χ0) is 20.1. The molecule has 2 heterocycles. The summed E-state index contributed by atoms with van der Waals surface area (Å²) in [4.78, 5) is 16.7. The monoisotopic (exact) mass is 409 g/mol. The molecule has 1 N–H and O–H groups in total. The molecule has 4 aromatic rings. The van der Waals surface area contributed by atoms with Gasteiger partial charge in [-0.15, -0.1) is 0 Å². The molecule has 0 bridgehead atoms. The first-order valence-corrected chi connectivity index (χ1v) is 9.79. The SMILES string of the molecule is O=C(CCc1nc(-c2ccsc2)no1)Nc1ccccc1Oc1cccc(F)c1.